The maximum atomic E-state index is 4.69. The second-order valence-corrected chi connectivity index (χ2v) is 7.37. The second-order valence-electron chi connectivity index (χ2n) is 7.37. The number of benzene rings is 2. The average Bonchev–Trinajstić information content (AvgIpc) is 3.21. The first-order chi connectivity index (χ1) is 13.0. The number of nitrogens with zero attached hydrogens (tertiary/aromatic N) is 3. The number of aryl methyl sites for hydroxylation is 5. The summed E-state index contributed by atoms with van der Waals surface area (Å²) < 4.78 is 4.48. The zero-order valence-electron chi connectivity index (χ0n) is 16.6. The van der Waals surface area contributed by atoms with Gasteiger partial charge in [0.15, 0.2) is 0 Å². The van der Waals surface area contributed by atoms with E-state index < -0.39 is 0 Å². The minimum absolute atomic E-state index is 0.967. The summed E-state index contributed by atoms with van der Waals surface area (Å²) in [5.74, 6) is 0.967. The van der Waals surface area contributed by atoms with Crippen LogP contribution in [-0.2, 0) is 0 Å². The lowest BCUT2D eigenvalue weighted by Gasteiger charge is -2.16. The van der Waals surface area contributed by atoms with Crippen LogP contribution in [-0.4, -0.2) is 14.1 Å². The average molecular weight is 355 g/mol. The van der Waals surface area contributed by atoms with Gasteiger partial charge in [-0.15, -0.1) is 0 Å². The zero-order valence-corrected chi connectivity index (χ0v) is 16.6. The van der Waals surface area contributed by atoms with Gasteiger partial charge in [-0.25, -0.2) is 4.98 Å². The van der Waals surface area contributed by atoms with Crippen molar-refractivity contribution < 1.29 is 0 Å². The smallest absolute Gasteiger partial charge is 0.144 e. The molecule has 3 heteroatoms. The van der Waals surface area contributed by atoms with Gasteiger partial charge in [0.25, 0.3) is 0 Å². The number of aromatic nitrogens is 3. The van der Waals surface area contributed by atoms with Gasteiger partial charge in [0.1, 0.15) is 5.82 Å². The van der Waals surface area contributed by atoms with Crippen molar-refractivity contribution >= 4 is 0 Å². The molecule has 0 saturated heterocycles. The van der Waals surface area contributed by atoms with Gasteiger partial charge in [-0.3, -0.25) is 4.57 Å². The molecule has 2 aromatic heterocycles. The van der Waals surface area contributed by atoms with Crippen LogP contribution in [0.2, 0.25) is 0 Å². The van der Waals surface area contributed by atoms with Crippen LogP contribution >= 0.6 is 0 Å². The molecule has 3 nitrogen and oxygen atoms in total. The fraction of sp³-hybridized carbons (Fsp3) is 0.208. The Morgan fingerprint density at radius 2 is 1.44 bits per heavy atom. The van der Waals surface area contributed by atoms with E-state index in [0.717, 1.165) is 11.4 Å². The summed E-state index contributed by atoms with van der Waals surface area (Å²) in [6.45, 7) is 10.8. The number of imidazole rings is 1. The lowest BCUT2D eigenvalue weighted by atomic mass is 10.0. The van der Waals surface area contributed by atoms with Gasteiger partial charge in [-0.05, 0) is 70.0 Å². The van der Waals surface area contributed by atoms with E-state index in [-0.39, 0.29) is 0 Å². The van der Waals surface area contributed by atoms with E-state index >= 15 is 0 Å². The maximum absolute atomic E-state index is 4.69. The van der Waals surface area contributed by atoms with Crippen molar-refractivity contribution in [3.05, 3.63) is 89.0 Å². The summed E-state index contributed by atoms with van der Waals surface area (Å²) >= 11 is 0. The Morgan fingerprint density at radius 1 is 0.778 bits per heavy atom. The Hall–Kier alpha value is -3.07. The van der Waals surface area contributed by atoms with E-state index in [4.69, 9.17) is 0 Å². The van der Waals surface area contributed by atoms with Gasteiger partial charge in [-0.1, -0.05) is 29.8 Å². The van der Waals surface area contributed by atoms with Gasteiger partial charge >= 0.3 is 0 Å². The molecule has 4 rings (SSSR count). The Kier molecular flexibility index (Phi) is 4.23. The molecule has 0 atom stereocenters. The van der Waals surface area contributed by atoms with Gasteiger partial charge in [0.2, 0.25) is 0 Å². The second kappa shape index (κ2) is 6.58. The molecule has 0 saturated carbocycles. The first-order valence-corrected chi connectivity index (χ1v) is 9.33. The molecule has 0 radical (unpaired) electrons. The topological polar surface area (TPSA) is 22.8 Å². The van der Waals surface area contributed by atoms with Gasteiger partial charge in [0.05, 0.1) is 5.69 Å². The molecular formula is C24H25N3. The first-order valence-electron chi connectivity index (χ1n) is 9.33. The first kappa shape index (κ1) is 17.3. The minimum Gasteiger partial charge on any atom is -0.318 e. The highest BCUT2D eigenvalue weighted by molar-refractivity contribution is 5.64. The highest BCUT2D eigenvalue weighted by Crippen LogP contribution is 2.28. The van der Waals surface area contributed by atoms with Crippen molar-refractivity contribution in [2.45, 2.75) is 34.6 Å². The van der Waals surface area contributed by atoms with Crippen molar-refractivity contribution in [3.8, 4) is 22.8 Å². The molecule has 0 aliphatic rings. The lowest BCUT2D eigenvalue weighted by Crippen LogP contribution is -2.03. The highest BCUT2D eigenvalue weighted by Gasteiger charge is 2.13. The molecule has 0 fully saturated rings. The largest absolute Gasteiger partial charge is 0.318 e. The Labute approximate surface area is 160 Å². The Balaban J connectivity index is 1.86. The zero-order chi connectivity index (χ0) is 19.1. The van der Waals surface area contributed by atoms with Crippen LogP contribution in [0.1, 0.15) is 28.1 Å². The lowest BCUT2D eigenvalue weighted by molar-refractivity contribution is 0.964. The number of hydrogen-bond acceptors (Lipinski definition) is 1. The van der Waals surface area contributed by atoms with Gasteiger partial charge < -0.3 is 4.57 Å². The molecule has 136 valence electrons. The summed E-state index contributed by atoms with van der Waals surface area (Å²) in [7, 11) is 0. The van der Waals surface area contributed by atoms with Crippen molar-refractivity contribution in [1.82, 2.24) is 14.1 Å². The number of rotatable bonds is 3. The van der Waals surface area contributed by atoms with Crippen LogP contribution in [0.4, 0.5) is 0 Å². The van der Waals surface area contributed by atoms with Gasteiger partial charge in [-0.2, -0.15) is 0 Å². The Bertz CT molecular complexity index is 1090. The monoisotopic (exact) mass is 355 g/mol. The van der Waals surface area contributed by atoms with E-state index in [1.165, 1.54) is 39.5 Å². The molecule has 0 spiro atoms. The van der Waals surface area contributed by atoms with Crippen molar-refractivity contribution in [2.75, 3.05) is 0 Å². The third kappa shape index (κ3) is 2.99. The van der Waals surface area contributed by atoms with Crippen LogP contribution < -0.4 is 0 Å². The normalized spacial score (nSPS) is 11.1. The van der Waals surface area contributed by atoms with Crippen LogP contribution in [0.5, 0.6) is 0 Å². The van der Waals surface area contributed by atoms with Crippen LogP contribution in [0, 0.1) is 34.6 Å². The molecular weight excluding hydrogens is 330 g/mol. The van der Waals surface area contributed by atoms with E-state index in [2.05, 4.69) is 103 Å². The molecule has 0 amide bonds. The molecule has 2 aromatic carbocycles. The SMILES string of the molecule is Cc1cc(C)c(-n2ccnc2-c2cccc(-n3c(C)ccc3C)c2)c(C)c1. The number of hydrogen-bond donors (Lipinski definition) is 0. The summed E-state index contributed by atoms with van der Waals surface area (Å²) in [5, 5.41) is 0. The predicted octanol–water partition coefficient (Wildman–Crippen LogP) is 5.87. The highest BCUT2D eigenvalue weighted by atomic mass is 15.1. The van der Waals surface area contributed by atoms with Crippen molar-refractivity contribution in [3.63, 3.8) is 0 Å². The van der Waals surface area contributed by atoms with E-state index in [1.807, 2.05) is 6.20 Å². The third-order valence-electron chi connectivity index (χ3n) is 5.15. The fourth-order valence-corrected chi connectivity index (χ4v) is 4.11. The van der Waals surface area contributed by atoms with Crippen LogP contribution in [0.3, 0.4) is 0 Å². The quantitative estimate of drug-likeness (QED) is 0.450. The maximum Gasteiger partial charge on any atom is 0.144 e. The van der Waals surface area contributed by atoms with E-state index in [1.54, 1.807) is 0 Å². The summed E-state index contributed by atoms with van der Waals surface area (Å²) in [4.78, 5) is 4.69. The summed E-state index contributed by atoms with van der Waals surface area (Å²) in [6.07, 6.45) is 3.94. The van der Waals surface area contributed by atoms with Gasteiger partial charge in [0, 0.05) is 35.0 Å². The van der Waals surface area contributed by atoms with E-state index in [0.29, 0.717) is 0 Å². The summed E-state index contributed by atoms with van der Waals surface area (Å²) in [6, 6.07) is 17.4. The standard InChI is InChI=1S/C24H25N3/c1-16-13-17(2)23(18(3)14-16)26-12-11-25-24(26)21-7-6-8-22(15-21)27-19(4)9-10-20(27)5/h6-15H,1-5H3. The summed E-state index contributed by atoms with van der Waals surface area (Å²) in [5.41, 5.74) is 9.78. The predicted molar refractivity (Wildman–Crippen MR) is 112 cm³/mol. The fourth-order valence-electron chi connectivity index (χ4n) is 4.11. The van der Waals surface area contributed by atoms with Crippen LogP contribution in [0.15, 0.2) is 60.9 Å². The van der Waals surface area contributed by atoms with Crippen molar-refractivity contribution in [1.29, 1.82) is 0 Å². The molecule has 2 heterocycles. The minimum atomic E-state index is 0.967. The van der Waals surface area contributed by atoms with Crippen LogP contribution in [0.25, 0.3) is 22.8 Å². The molecule has 0 unspecified atom stereocenters. The Morgan fingerprint density at radius 3 is 2.11 bits per heavy atom. The molecule has 0 N–H and O–H groups in total. The van der Waals surface area contributed by atoms with Crippen molar-refractivity contribution in [2.24, 2.45) is 0 Å². The molecule has 4 aromatic rings. The molecule has 0 aliphatic heterocycles. The molecule has 0 bridgehead atoms. The molecule has 0 aliphatic carbocycles. The third-order valence-corrected chi connectivity index (χ3v) is 5.15. The van der Waals surface area contributed by atoms with E-state index in [9.17, 15) is 0 Å². The molecule has 27 heavy (non-hydrogen) atoms.